The van der Waals surface area contributed by atoms with E-state index in [1.54, 1.807) is 4.90 Å². The molecular formula is C24H17I2NO2S2. The van der Waals surface area contributed by atoms with Gasteiger partial charge in [-0.15, -0.1) is 0 Å². The lowest BCUT2D eigenvalue weighted by Crippen LogP contribution is -2.27. The molecule has 3 aromatic carbocycles. The van der Waals surface area contributed by atoms with Crippen LogP contribution in [0.5, 0.6) is 5.75 Å². The molecule has 31 heavy (non-hydrogen) atoms. The molecule has 1 heterocycles. The predicted octanol–water partition coefficient (Wildman–Crippen LogP) is 7.19. The van der Waals surface area contributed by atoms with Crippen LogP contribution < -0.4 is 9.64 Å². The van der Waals surface area contributed by atoms with Crippen molar-refractivity contribution in [1.82, 2.24) is 0 Å². The van der Waals surface area contributed by atoms with E-state index in [4.69, 9.17) is 17.0 Å². The van der Waals surface area contributed by atoms with Crippen LogP contribution in [0.25, 0.3) is 6.08 Å². The number of carbonyl (C=O) groups is 1. The van der Waals surface area contributed by atoms with Crippen molar-refractivity contribution in [3.63, 3.8) is 0 Å². The third-order valence-corrected chi connectivity index (χ3v) is 7.50. The number of carbonyl (C=O) groups excluding carboxylic acids is 1. The Labute approximate surface area is 218 Å². The molecule has 1 aliphatic rings. The van der Waals surface area contributed by atoms with Crippen molar-refractivity contribution in [2.24, 2.45) is 0 Å². The number of nitrogens with zero attached hydrogens (tertiary/aromatic N) is 1. The number of hydrogen-bond donors (Lipinski definition) is 0. The zero-order valence-corrected chi connectivity index (χ0v) is 22.4. The molecule has 3 nitrogen and oxygen atoms in total. The van der Waals surface area contributed by atoms with Gasteiger partial charge in [-0.2, -0.15) is 0 Å². The lowest BCUT2D eigenvalue weighted by molar-refractivity contribution is -0.113. The Morgan fingerprint density at radius 1 is 1.03 bits per heavy atom. The van der Waals surface area contributed by atoms with Gasteiger partial charge < -0.3 is 4.74 Å². The van der Waals surface area contributed by atoms with Crippen LogP contribution in [0.2, 0.25) is 0 Å². The van der Waals surface area contributed by atoms with Gasteiger partial charge in [0.25, 0.3) is 5.91 Å². The number of hydrogen-bond acceptors (Lipinski definition) is 4. The molecule has 0 saturated carbocycles. The summed E-state index contributed by atoms with van der Waals surface area (Å²) in [6.45, 7) is 2.59. The number of thioether (sulfide) groups is 1. The number of ether oxygens (including phenoxy) is 1. The van der Waals surface area contributed by atoms with Gasteiger partial charge in [-0.05, 0) is 93.6 Å². The largest absolute Gasteiger partial charge is 0.487 e. The Hall–Kier alpha value is -1.43. The summed E-state index contributed by atoms with van der Waals surface area (Å²) in [7, 11) is 0. The summed E-state index contributed by atoms with van der Waals surface area (Å²) in [5.41, 5.74) is 4.09. The smallest absolute Gasteiger partial charge is 0.270 e. The van der Waals surface area contributed by atoms with Gasteiger partial charge >= 0.3 is 0 Å². The topological polar surface area (TPSA) is 29.5 Å². The van der Waals surface area contributed by atoms with E-state index in [2.05, 4.69) is 70.3 Å². The highest BCUT2D eigenvalue weighted by atomic mass is 127. The quantitative estimate of drug-likeness (QED) is 0.164. The maximum atomic E-state index is 13.0. The molecule has 3 aromatic rings. The van der Waals surface area contributed by atoms with Crippen molar-refractivity contribution >= 4 is 91.2 Å². The highest BCUT2D eigenvalue weighted by molar-refractivity contribution is 14.1. The van der Waals surface area contributed by atoms with E-state index in [1.807, 2.05) is 54.6 Å². The molecule has 0 spiro atoms. The molecule has 1 amide bonds. The predicted molar refractivity (Wildman–Crippen MR) is 149 cm³/mol. The number of aryl methyl sites for hydroxylation is 1. The average molecular weight is 669 g/mol. The first-order valence-corrected chi connectivity index (χ1v) is 12.8. The molecule has 1 aliphatic heterocycles. The first-order valence-electron chi connectivity index (χ1n) is 9.43. The maximum Gasteiger partial charge on any atom is 0.270 e. The van der Waals surface area contributed by atoms with Crippen molar-refractivity contribution in [3.8, 4) is 5.75 Å². The molecule has 0 radical (unpaired) electrons. The van der Waals surface area contributed by atoms with Crippen LogP contribution in [-0.2, 0) is 11.4 Å². The molecule has 1 saturated heterocycles. The second-order valence-electron chi connectivity index (χ2n) is 6.94. The minimum absolute atomic E-state index is 0.0917. The van der Waals surface area contributed by atoms with Gasteiger partial charge in [0.15, 0.2) is 4.32 Å². The molecule has 0 atom stereocenters. The zero-order chi connectivity index (χ0) is 22.0. The van der Waals surface area contributed by atoms with Crippen LogP contribution in [0.1, 0.15) is 16.7 Å². The summed E-state index contributed by atoms with van der Waals surface area (Å²) < 4.78 is 8.66. The number of para-hydroxylation sites is 1. The Balaban J connectivity index is 1.55. The molecule has 7 heteroatoms. The number of rotatable bonds is 5. The third kappa shape index (κ3) is 5.32. The number of halogens is 2. The van der Waals surface area contributed by atoms with E-state index in [0.717, 1.165) is 29.7 Å². The van der Waals surface area contributed by atoms with Crippen molar-refractivity contribution in [2.45, 2.75) is 13.5 Å². The fraction of sp³-hybridized carbons (Fsp3) is 0.0833. The van der Waals surface area contributed by atoms with Crippen LogP contribution >= 0.6 is 69.2 Å². The monoisotopic (exact) mass is 669 g/mol. The van der Waals surface area contributed by atoms with Gasteiger partial charge in [0.2, 0.25) is 0 Å². The van der Waals surface area contributed by atoms with Crippen LogP contribution in [-0.4, -0.2) is 10.2 Å². The SMILES string of the molecule is Cc1cccc(COc2c(I)cc(/C=C3/SC(=S)N(c4ccccc4)C3=O)cc2I)c1. The first kappa shape index (κ1) is 22.8. The molecule has 0 aliphatic carbocycles. The number of amides is 1. The zero-order valence-electron chi connectivity index (χ0n) is 16.5. The number of thiocarbonyl (C=S) groups is 1. The van der Waals surface area contributed by atoms with E-state index in [9.17, 15) is 4.79 Å². The number of benzene rings is 3. The van der Waals surface area contributed by atoms with Crippen LogP contribution in [0.4, 0.5) is 5.69 Å². The summed E-state index contributed by atoms with van der Waals surface area (Å²) in [6.07, 6.45) is 1.90. The van der Waals surface area contributed by atoms with Gasteiger partial charge in [0.05, 0.1) is 17.7 Å². The van der Waals surface area contributed by atoms with Crippen LogP contribution in [0.3, 0.4) is 0 Å². The third-order valence-electron chi connectivity index (χ3n) is 4.59. The molecule has 156 valence electrons. The Morgan fingerprint density at radius 3 is 2.42 bits per heavy atom. The first-order chi connectivity index (χ1) is 14.9. The van der Waals surface area contributed by atoms with E-state index >= 15 is 0 Å². The molecule has 0 N–H and O–H groups in total. The Kier molecular flexibility index (Phi) is 7.35. The second kappa shape index (κ2) is 10.0. The molecule has 0 aromatic heterocycles. The summed E-state index contributed by atoms with van der Waals surface area (Å²) in [5, 5.41) is 0. The average Bonchev–Trinajstić information content (AvgIpc) is 3.01. The summed E-state index contributed by atoms with van der Waals surface area (Å²) in [5.74, 6) is 0.766. The van der Waals surface area contributed by atoms with Crippen LogP contribution in [0.15, 0.2) is 71.6 Å². The standard InChI is InChI=1S/C24H17I2NO2S2/c1-15-6-5-7-16(10-15)14-29-22-19(25)11-17(12-20(22)26)13-21-23(28)27(24(30)31-21)18-8-3-2-4-9-18/h2-13H,14H2,1H3/b21-13+. The van der Waals surface area contributed by atoms with E-state index < -0.39 is 0 Å². The lowest BCUT2D eigenvalue weighted by atomic mass is 10.1. The van der Waals surface area contributed by atoms with Gasteiger partial charge in [-0.3, -0.25) is 9.69 Å². The number of anilines is 1. The second-order valence-corrected chi connectivity index (χ2v) is 10.9. The fourth-order valence-corrected chi connectivity index (χ4v) is 6.60. The van der Waals surface area contributed by atoms with Gasteiger partial charge in [0, 0.05) is 0 Å². The van der Waals surface area contributed by atoms with Gasteiger partial charge in [-0.1, -0.05) is 72.0 Å². The normalized spacial score (nSPS) is 15.1. The van der Waals surface area contributed by atoms with Crippen LogP contribution in [0, 0.1) is 14.1 Å². The summed E-state index contributed by atoms with van der Waals surface area (Å²) >= 11 is 11.4. The van der Waals surface area contributed by atoms with E-state index in [-0.39, 0.29) is 5.91 Å². The molecule has 0 bridgehead atoms. The fourth-order valence-electron chi connectivity index (χ4n) is 3.18. The molecule has 1 fully saturated rings. The molecular weight excluding hydrogens is 652 g/mol. The Bertz CT molecular complexity index is 1170. The minimum Gasteiger partial charge on any atom is -0.487 e. The summed E-state index contributed by atoms with van der Waals surface area (Å²) in [4.78, 5) is 15.2. The maximum absolute atomic E-state index is 13.0. The van der Waals surface area contributed by atoms with Gasteiger partial charge in [0.1, 0.15) is 12.4 Å². The van der Waals surface area contributed by atoms with Crippen molar-refractivity contribution < 1.29 is 9.53 Å². The lowest BCUT2D eigenvalue weighted by Gasteiger charge is -2.14. The summed E-state index contributed by atoms with van der Waals surface area (Å²) in [6, 6.07) is 21.9. The van der Waals surface area contributed by atoms with E-state index in [1.165, 1.54) is 17.3 Å². The Morgan fingerprint density at radius 2 is 1.74 bits per heavy atom. The highest BCUT2D eigenvalue weighted by Crippen LogP contribution is 2.37. The van der Waals surface area contributed by atoms with Crippen molar-refractivity contribution in [1.29, 1.82) is 0 Å². The molecule has 4 rings (SSSR count). The molecule has 0 unspecified atom stereocenters. The van der Waals surface area contributed by atoms with Gasteiger partial charge in [-0.25, -0.2) is 0 Å². The minimum atomic E-state index is -0.0917. The van der Waals surface area contributed by atoms with Crippen molar-refractivity contribution in [2.75, 3.05) is 4.90 Å². The van der Waals surface area contributed by atoms with Crippen molar-refractivity contribution in [3.05, 3.63) is 95.5 Å². The van der Waals surface area contributed by atoms with E-state index in [0.29, 0.717) is 15.8 Å². The highest BCUT2D eigenvalue weighted by Gasteiger charge is 2.33.